The van der Waals surface area contributed by atoms with Crippen molar-refractivity contribution in [3.63, 3.8) is 0 Å². The van der Waals surface area contributed by atoms with Gasteiger partial charge in [-0.2, -0.15) is 0 Å². The number of nitrogen functional groups attached to an aromatic ring is 1. The summed E-state index contributed by atoms with van der Waals surface area (Å²) in [7, 11) is -3.04. The highest BCUT2D eigenvalue weighted by Gasteiger charge is 2.11. The minimum atomic E-state index is -3.04. The van der Waals surface area contributed by atoms with E-state index in [1.807, 2.05) is 6.92 Å². The average Bonchev–Trinajstić information content (AvgIpc) is 2.40. The molecule has 0 fully saturated rings. The number of anilines is 2. The summed E-state index contributed by atoms with van der Waals surface area (Å²) in [5, 5.41) is 2.90. The first-order chi connectivity index (χ1) is 9.39. The molecule has 0 aromatic heterocycles. The van der Waals surface area contributed by atoms with Gasteiger partial charge in [-0.05, 0) is 6.42 Å². The molecule has 0 bridgehead atoms. The van der Waals surface area contributed by atoms with Crippen LogP contribution in [-0.2, 0) is 9.84 Å². The normalized spacial score (nSPS) is 11.3. The quantitative estimate of drug-likeness (QED) is 0.718. The third-order valence-corrected chi connectivity index (χ3v) is 4.44. The standard InChI is InChI=1S/C13H21FN2O3S/c1-3-6-19-13-9-12(11(15)8-10(13)14)16-5-7-20(17,18)4-2/h8-9,16H,3-7,15H2,1-2H3. The van der Waals surface area contributed by atoms with Crippen LogP contribution in [0.15, 0.2) is 12.1 Å². The Kier molecular flexibility index (Phi) is 6.06. The minimum Gasteiger partial charge on any atom is -0.490 e. The van der Waals surface area contributed by atoms with Crippen molar-refractivity contribution in [3.05, 3.63) is 17.9 Å². The van der Waals surface area contributed by atoms with E-state index in [4.69, 9.17) is 10.5 Å². The monoisotopic (exact) mass is 304 g/mol. The largest absolute Gasteiger partial charge is 0.490 e. The van der Waals surface area contributed by atoms with Gasteiger partial charge in [0, 0.05) is 24.4 Å². The molecule has 1 aromatic carbocycles. The lowest BCUT2D eigenvalue weighted by atomic mass is 10.2. The summed E-state index contributed by atoms with van der Waals surface area (Å²) in [6, 6.07) is 2.63. The first kappa shape index (κ1) is 16.6. The second-order valence-corrected chi connectivity index (χ2v) is 6.85. The number of rotatable bonds is 8. The number of nitrogens with two attached hydrogens (primary N) is 1. The van der Waals surface area contributed by atoms with E-state index in [1.54, 1.807) is 6.92 Å². The van der Waals surface area contributed by atoms with Crippen LogP contribution in [0.3, 0.4) is 0 Å². The highest BCUT2D eigenvalue weighted by Crippen LogP contribution is 2.28. The zero-order valence-corrected chi connectivity index (χ0v) is 12.6. The summed E-state index contributed by atoms with van der Waals surface area (Å²) < 4.78 is 41.6. The third kappa shape index (κ3) is 4.88. The molecule has 0 spiro atoms. The zero-order chi connectivity index (χ0) is 15.2. The lowest BCUT2D eigenvalue weighted by Crippen LogP contribution is -2.17. The molecular formula is C13H21FN2O3S. The zero-order valence-electron chi connectivity index (χ0n) is 11.8. The van der Waals surface area contributed by atoms with E-state index in [0.29, 0.717) is 12.3 Å². The SMILES string of the molecule is CCCOc1cc(NCCS(=O)(=O)CC)c(N)cc1F. The summed E-state index contributed by atoms with van der Waals surface area (Å²) in [5.74, 6) is -0.311. The maximum atomic E-state index is 13.6. The van der Waals surface area contributed by atoms with E-state index in [-0.39, 0.29) is 29.5 Å². The Morgan fingerprint density at radius 1 is 1.35 bits per heavy atom. The smallest absolute Gasteiger partial charge is 0.167 e. The van der Waals surface area contributed by atoms with E-state index in [9.17, 15) is 12.8 Å². The molecule has 0 aliphatic rings. The van der Waals surface area contributed by atoms with E-state index in [0.717, 1.165) is 6.42 Å². The van der Waals surface area contributed by atoms with E-state index in [1.165, 1.54) is 12.1 Å². The molecule has 0 atom stereocenters. The van der Waals surface area contributed by atoms with E-state index in [2.05, 4.69) is 5.32 Å². The molecule has 0 saturated carbocycles. The fraction of sp³-hybridized carbons (Fsp3) is 0.538. The van der Waals surface area contributed by atoms with Gasteiger partial charge in [-0.1, -0.05) is 13.8 Å². The van der Waals surface area contributed by atoms with Gasteiger partial charge in [-0.15, -0.1) is 0 Å². The predicted molar refractivity (Wildman–Crippen MR) is 79.4 cm³/mol. The van der Waals surface area contributed by atoms with E-state index >= 15 is 0 Å². The molecule has 0 radical (unpaired) electrons. The molecule has 0 heterocycles. The Bertz CT molecular complexity index is 547. The summed E-state index contributed by atoms with van der Waals surface area (Å²) in [4.78, 5) is 0. The Morgan fingerprint density at radius 3 is 2.65 bits per heavy atom. The van der Waals surface area contributed by atoms with Gasteiger partial charge in [-0.3, -0.25) is 0 Å². The summed E-state index contributed by atoms with van der Waals surface area (Å²) >= 11 is 0. The Hall–Kier alpha value is -1.50. The van der Waals surface area contributed by atoms with Gasteiger partial charge in [0.05, 0.1) is 23.7 Å². The highest BCUT2D eigenvalue weighted by atomic mass is 32.2. The summed E-state index contributed by atoms with van der Waals surface area (Å²) in [5.41, 5.74) is 6.39. The average molecular weight is 304 g/mol. The van der Waals surface area contributed by atoms with Crippen LogP contribution in [0.5, 0.6) is 5.75 Å². The van der Waals surface area contributed by atoms with Crippen LogP contribution in [0.1, 0.15) is 20.3 Å². The van der Waals surface area contributed by atoms with Gasteiger partial charge < -0.3 is 15.8 Å². The number of halogens is 1. The molecule has 20 heavy (non-hydrogen) atoms. The highest BCUT2D eigenvalue weighted by molar-refractivity contribution is 7.91. The second kappa shape index (κ2) is 7.33. The van der Waals surface area contributed by atoms with Crippen molar-refractivity contribution < 1.29 is 17.5 Å². The molecule has 1 aromatic rings. The van der Waals surface area contributed by atoms with E-state index < -0.39 is 15.7 Å². The number of nitrogens with one attached hydrogen (secondary N) is 1. The summed E-state index contributed by atoms with van der Waals surface area (Å²) in [6.45, 7) is 4.14. The fourth-order valence-corrected chi connectivity index (χ4v) is 2.23. The second-order valence-electron chi connectivity index (χ2n) is 4.38. The third-order valence-electron chi connectivity index (χ3n) is 2.73. The molecule has 3 N–H and O–H groups in total. The Balaban J connectivity index is 2.74. The minimum absolute atomic E-state index is 0.00542. The maximum Gasteiger partial charge on any atom is 0.167 e. The van der Waals surface area contributed by atoms with Gasteiger partial charge in [0.15, 0.2) is 21.4 Å². The van der Waals surface area contributed by atoms with Crippen molar-refractivity contribution in [3.8, 4) is 5.75 Å². The topological polar surface area (TPSA) is 81.4 Å². The lowest BCUT2D eigenvalue weighted by molar-refractivity contribution is 0.301. The molecule has 5 nitrogen and oxygen atoms in total. The fourth-order valence-electron chi connectivity index (χ4n) is 1.53. The van der Waals surface area contributed by atoms with Crippen LogP contribution < -0.4 is 15.8 Å². The molecule has 7 heteroatoms. The van der Waals surface area contributed by atoms with Gasteiger partial charge in [-0.25, -0.2) is 12.8 Å². The predicted octanol–water partition coefficient (Wildman–Crippen LogP) is 2.04. The Morgan fingerprint density at radius 2 is 2.05 bits per heavy atom. The molecule has 0 saturated heterocycles. The van der Waals surface area contributed by atoms with Crippen molar-refractivity contribution in [2.75, 3.05) is 35.7 Å². The number of hydrogen-bond acceptors (Lipinski definition) is 5. The molecule has 0 amide bonds. The molecule has 114 valence electrons. The Labute approximate surface area is 119 Å². The van der Waals surface area contributed by atoms with Crippen LogP contribution >= 0.6 is 0 Å². The summed E-state index contributed by atoms with van der Waals surface area (Å²) in [6.07, 6.45) is 0.765. The number of hydrogen-bond donors (Lipinski definition) is 2. The van der Waals surface area contributed by atoms with Crippen molar-refractivity contribution in [1.82, 2.24) is 0 Å². The van der Waals surface area contributed by atoms with Crippen LogP contribution in [0, 0.1) is 5.82 Å². The number of ether oxygens (including phenoxy) is 1. The van der Waals surface area contributed by atoms with Crippen LogP contribution in [-0.4, -0.2) is 33.1 Å². The van der Waals surface area contributed by atoms with Gasteiger partial charge in [0.1, 0.15) is 0 Å². The molecular weight excluding hydrogens is 283 g/mol. The van der Waals surface area contributed by atoms with Gasteiger partial charge in [0.2, 0.25) is 0 Å². The maximum absolute atomic E-state index is 13.6. The van der Waals surface area contributed by atoms with Crippen LogP contribution in [0.25, 0.3) is 0 Å². The number of sulfone groups is 1. The lowest BCUT2D eigenvalue weighted by Gasteiger charge is -2.13. The number of benzene rings is 1. The van der Waals surface area contributed by atoms with Crippen molar-refractivity contribution in [2.24, 2.45) is 0 Å². The van der Waals surface area contributed by atoms with Crippen molar-refractivity contribution in [1.29, 1.82) is 0 Å². The van der Waals surface area contributed by atoms with Crippen molar-refractivity contribution in [2.45, 2.75) is 20.3 Å². The first-order valence-electron chi connectivity index (χ1n) is 6.55. The van der Waals surface area contributed by atoms with Crippen molar-refractivity contribution >= 4 is 21.2 Å². The molecule has 1 rings (SSSR count). The molecule has 0 aliphatic carbocycles. The molecule has 0 unspecified atom stereocenters. The van der Waals surface area contributed by atoms with Gasteiger partial charge in [0.25, 0.3) is 0 Å². The van der Waals surface area contributed by atoms with Gasteiger partial charge >= 0.3 is 0 Å². The van der Waals surface area contributed by atoms with Crippen LogP contribution in [0.4, 0.5) is 15.8 Å². The first-order valence-corrected chi connectivity index (χ1v) is 8.37. The van der Waals surface area contributed by atoms with Crippen LogP contribution in [0.2, 0.25) is 0 Å². The molecule has 0 aliphatic heterocycles.